The number of nitrogens with zero attached hydrogens (tertiary/aromatic N) is 1. The first-order valence-electron chi connectivity index (χ1n) is 7.85. The molecule has 0 radical (unpaired) electrons. The largest absolute Gasteiger partial charge is 0.497 e. The molecule has 1 fully saturated rings. The van der Waals surface area contributed by atoms with Gasteiger partial charge in [0.1, 0.15) is 5.75 Å². The molecule has 3 rings (SSSR count). The third-order valence-electron chi connectivity index (χ3n) is 4.35. The van der Waals surface area contributed by atoms with Crippen LogP contribution >= 0.6 is 15.9 Å². The van der Waals surface area contributed by atoms with Gasteiger partial charge in [-0.15, -0.1) is 0 Å². The molecule has 5 nitrogen and oxygen atoms in total. The normalized spacial score (nSPS) is 17.5. The minimum absolute atomic E-state index is 0.194. The lowest BCUT2D eigenvalue weighted by atomic mass is 10.2. The molecule has 7 heteroatoms. The lowest BCUT2D eigenvalue weighted by Gasteiger charge is -2.18. The van der Waals surface area contributed by atoms with E-state index in [0.29, 0.717) is 33.6 Å². The predicted molar refractivity (Wildman–Crippen MR) is 98.6 cm³/mol. The van der Waals surface area contributed by atoms with E-state index in [4.69, 9.17) is 4.74 Å². The van der Waals surface area contributed by atoms with Crippen LogP contribution < -0.4 is 4.74 Å². The number of sulfone groups is 1. The van der Waals surface area contributed by atoms with Gasteiger partial charge in [0.05, 0.1) is 22.8 Å². The molecule has 1 aliphatic heterocycles. The molecule has 0 bridgehead atoms. The van der Waals surface area contributed by atoms with E-state index in [1.54, 1.807) is 53.4 Å². The molecule has 25 heavy (non-hydrogen) atoms. The van der Waals surface area contributed by atoms with Gasteiger partial charge in [-0.2, -0.15) is 0 Å². The molecule has 1 heterocycles. The van der Waals surface area contributed by atoms with Crippen LogP contribution in [0.3, 0.4) is 0 Å². The van der Waals surface area contributed by atoms with Crippen molar-refractivity contribution in [3.8, 4) is 5.75 Å². The molecule has 0 aliphatic carbocycles. The molecule has 132 valence electrons. The van der Waals surface area contributed by atoms with Crippen molar-refractivity contribution in [2.75, 3.05) is 20.2 Å². The zero-order chi connectivity index (χ0) is 18.0. The third kappa shape index (κ3) is 3.57. The fraction of sp³-hybridized carbons (Fsp3) is 0.278. The average molecular weight is 424 g/mol. The Kier molecular flexibility index (Phi) is 5.15. The van der Waals surface area contributed by atoms with Gasteiger partial charge >= 0.3 is 0 Å². The maximum atomic E-state index is 12.8. The van der Waals surface area contributed by atoms with Crippen LogP contribution in [0.25, 0.3) is 0 Å². The van der Waals surface area contributed by atoms with Crippen LogP contribution in [-0.2, 0) is 9.84 Å². The minimum atomic E-state index is -3.44. The molecule has 0 unspecified atom stereocenters. The van der Waals surface area contributed by atoms with Crippen LogP contribution in [0, 0.1) is 0 Å². The molecule has 1 atom stereocenters. The summed E-state index contributed by atoms with van der Waals surface area (Å²) in [6, 6.07) is 13.6. The van der Waals surface area contributed by atoms with Crippen molar-refractivity contribution in [3.63, 3.8) is 0 Å². The molecule has 1 saturated heterocycles. The Bertz CT molecular complexity index is 883. The number of rotatable bonds is 4. The fourth-order valence-corrected chi connectivity index (χ4v) is 5.06. The molecule has 0 aromatic heterocycles. The maximum Gasteiger partial charge on any atom is 0.255 e. The molecule has 2 aromatic rings. The summed E-state index contributed by atoms with van der Waals surface area (Å²) < 4.78 is 31.3. The van der Waals surface area contributed by atoms with E-state index in [1.807, 2.05) is 0 Å². The number of benzene rings is 2. The van der Waals surface area contributed by atoms with Crippen LogP contribution in [0.5, 0.6) is 5.75 Å². The zero-order valence-corrected chi connectivity index (χ0v) is 16.1. The Morgan fingerprint density at radius 1 is 1.20 bits per heavy atom. The van der Waals surface area contributed by atoms with Crippen LogP contribution in [0.15, 0.2) is 57.9 Å². The second-order valence-corrected chi connectivity index (χ2v) is 8.95. The van der Waals surface area contributed by atoms with Gasteiger partial charge in [-0.05, 0) is 52.7 Å². The van der Waals surface area contributed by atoms with Crippen LogP contribution in [0.2, 0.25) is 0 Å². The molecule has 2 aromatic carbocycles. The number of hydrogen-bond acceptors (Lipinski definition) is 4. The van der Waals surface area contributed by atoms with E-state index in [2.05, 4.69) is 15.9 Å². The Labute approximate surface area is 155 Å². The first-order chi connectivity index (χ1) is 11.9. The van der Waals surface area contributed by atoms with Crippen LogP contribution in [0.4, 0.5) is 0 Å². The van der Waals surface area contributed by atoms with Gasteiger partial charge in [0.25, 0.3) is 5.91 Å². The molecular formula is C18H18BrNO4S. The number of carbonyl (C=O) groups excluding carboxylic acids is 1. The number of halogens is 1. The summed E-state index contributed by atoms with van der Waals surface area (Å²) >= 11 is 3.38. The Balaban J connectivity index is 1.80. The third-order valence-corrected chi connectivity index (χ3v) is 7.23. The number of amides is 1. The highest BCUT2D eigenvalue weighted by Crippen LogP contribution is 2.28. The summed E-state index contributed by atoms with van der Waals surface area (Å²) in [5.41, 5.74) is 0.470. The number of carbonyl (C=O) groups is 1. The van der Waals surface area contributed by atoms with E-state index in [9.17, 15) is 13.2 Å². The monoisotopic (exact) mass is 423 g/mol. The molecule has 1 aliphatic rings. The first kappa shape index (κ1) is 17.9. The van der Waals surface area contributed by atoms with Gasteiger partial charge in [-0.25, -0.2) is 8.42 Å². The summed E-state index contributed by atoms with van der Waals surface area (Å²) in [4.78, 5) is 14.7. The molecule has 0 saturated carbocycles. The average Bonchev–Trinajstić information content (AvgIpc) is 3.13. The van der Waals surface area contributed by atoms with Gasteiger partial charge in [-0.1, -0.05) is 18.2 Å². The maximum absolute atomic E-state index is 12.8. The molecular weight excluding hydrogens is 406 g/mol. The van der Waals surface area contributed by atoms with Crippen molar-refractivity contribution < 1.29 is 17.9 Å². The number of methoxy groups -OCH3 is 1. The first-order valence-corrected chi connectivity index (χ1v) is 10.2. The standard InChI is InChI=1S/C18H18BrNO4S/c1-24-13-7-8-17(19)16(11-13)18(21)20-10-9-15(12-20)25(22,23)14-5-3-2-4-6-14/h2-8,11,15H,9-10,12H2,1H3/t15-/m1/s1. The van der Waals surface area contributed by atoms with Gasteiger partial charge < -0.3 is 9.64 Å². The summed E-state index contributed by atoms with van der Waals surface area (Å²) in [6.07, 6.45) is 0.435. The zero-order valence-electron chi connectivity index (χ0n) is 13.7. The van der Waals surface area contributed by atoms with Gasteiger partial charge in [0, 0.05) is 17.6 Å². The highest BCUT2D eigenvalue weighted by Gasteiger charge is 2.36. The summed E-state index contributed by atoms with van der Waals surface area (Å²) in [5, 5.41) is -0.580. The molecule has 0 N–H and O–H groups in total. The highest BCUT2D eigenvalue weighted by atomic mass is 79.9. The fourth-order valence-electron chi connectivity index (χ4n) is 2.93. The number of ether oxygens (including phenoxy) is 1. The van der Waals surface area contributed by atoms with Crippen molar-refractivity contribution >= 4 is 31.7 Å². The summed E-state index contributed by atoms with van der Waals surface area (Å²) in [6.45, 7) is 0.610. The topological polar surface area (TPSA) is 63.7 Å². The quantitative estimate of drug-likeness (QED) is 0.757. The minimum Gasteiger partial charge on any atom is -0.497 e. The van der Waals surface area contributed by atoms with Crippen molar-refractivity contribution in [2.45, 2.75) is 16.6 Å². The lowest BCUT2D eigenvalue weighted by molar-refractivity contribution is 0.0792. The number of hydrogen-bond donors (Lipinski definition) is 0. The van der Waals surface area contributed by atoms with E-state index < -0.39 is 15.1 Å². The van der Waals surface area contributed by atoms with Crippen LogP contribution in [-0.4, -0.2) is 44.7 Å². The van der Waals surface area contributed by atoms with E-state index in [1.165, 1.54) is 7.11 Å². The predicted octanol–water partition coefficient (Wildman–Crippen LogP) is 3.15. The van der Waals surface area contributed by atoms with Crippen molar-refractivity contribution in [1.29, 1.82) is 0 Å². The Hall–Kier alpha value is -1.86. The second kappa shape index (κ2) is 7.17. The van der Waals surface area contributed by atoms with Crippen LogP contribution in [0.1, 0.15) is 16.8 Å². The second-order valence-electron chi connectivity index (χ2n) is 5.87. The molecule has 1 amide bonds. The van der Waals surface area contributed by atoms with E-state index in [0.717, 1.165) is 0 Å². The smallest absolute Gasteiger partial charge is 0.255 e. The van der Waals surface area contributed by atoms with Gasteiger partial charge in [0.15, 0.2) is 9.84 Å². The SMILES string of the molecule is COc1ccc(Br)c(C(=O)N2CC[C@@H](S(=O)(=O)c3ccccc3)C2)c1. The highest BCUT2D eigenvalue weighted by molar-refractivity contribution is 9.10. The van der Waals surface area contributed by atoms with Crippen molar-refractivity contribution in [1.82, 2.24) is 4.90 Å². The van der Waals surface area contributed by atoms with Crippen molar-refractivity contribution in [3.05, 3.63) is 58.6 Å². The van der Waals surface area contributed by atoms with Gasteiger partial charge in [-0.3, -0.25) is 4.79 Å². The van der Waals surface area contributed by atoms with E-state index in [-0.39, 0.29) is 12.5 Å². The Morgan fingerprint density at radius 2 is 1.92 bits per heavy atom. The van der Waals surface area contributed by atoms with Gasteiger partial charge in [0.2, 0.25) is 0 Å². The Morgan fingerprint density at radius 3 is 2.60 bits per heavy atom. The summed E-state index contributed by atoms with van der Waals surface area (Å²) in [7, 11) is -1.90. The lowest BCUT2D eigenvalue weighted by Crippen LogP contribution is -2.32. The van der Waals surface area contributed by atoms with Crippen molar-refractivity contribution in [2.24, 2.45) is 0 Å². The number of likely N-dealkylation sites (tertiary alicyclic amines) is 1. The molecule has 0 spiro atoms. The van der Waals surface area contributed by atoms with E-state index >= 15 is 0 Å². The summed E-state index contributed by atoms with van der Waals surface area (Å²) in [5.74, 6) is 0.385.